The van der Waals surface area contributed by atoms with Crippen molar-refractivity contribution in [2.45, 2.75) is 32.4 Å². The Morgan fingerprint density at radius 2 is 1.84 bits per heavy atom. The van der Waals surface area contributed by atoms with Crippen molar-refractivity contribution >= 4 is 27.4 Å². The maximum absolute atomic E-state index is 11.5. The van der Waals surface area contributed by atoms with E-state index in [2.05, 4.69) is 69.2 Å². The van der Waals surface area contributed by atoms with E-state index in [4.69, 9.17) is 0 Å². The van der Waals surface area contributed by atoms with Crippen molar-refractivity contribution in [3.63, 3.8) is 0 Å². The van der Waals surface area contributed by atoms with Crippen LogP contribution in [-0.4, -0.2) is 36.9 Å². The Hall–Kier alpha value is -1.65. The minimum absolute atomic E-state index is 0.105. The molecule has 0 aliphatic carbocycles. The Kier molecular flexibility index (Phi) is 5.92. The van der Waals surface area contributed by atoms with E-state index in [0.717, 1.165) is 42.5 Å². The number of hydrogen-bond donors (Lipinski definition) is 0. The zero-order chi connectivity index (χ0) is 17.8. The first-order valence-electron chi connectivity index (χ1n) is 8.84. The van der Waals surface area contributed by atoms with Crippen molar-refractivity contribution in [3.05, 3.63) is 64.1 Å². The maximum atomic E-state index is 11.5. The zero-order valence-electron chi connectivity index (χ0n) is 14.9. The van der Waals surface area contributed by atoms with E-state index in [1.54, 1.807) is 6.92 Å². The molecule has 0 saturated carbocycles. The van der Waals surface area contributed by atoms with E-state index >= 15 is 0 Å². The first kappa shape index (κ1) is 18.2. The smallest absolute Gasteiger partial charge is 0.159 e. The summed E-state index contributed by atoms with van der Waals surface area (Å²) >= 11 is 3.63. The Morgan fingerprint density at radius 1 is 1.16 bits per heavy atom. The minimum atomic E-state index is 0.105. The van der Waals surface area contributed by atoms with Crippen molar-refractivity contribution < 1.29 is 4.79 Å². The molecule has 0 spiro atoms. The number of Topliss-reactive ketones (excluding diaryl/α,β-unsaturated/α-hetero) is 1. The fourth-order valence-corrected chi connectivity index (χ4v) is 4.16. The van der Waals surface area contributed by atoms with E-state index in [1.165, 1.54) is 11.3 Å². The molecule has 0 N–H and O–H groups in total. The summed E-state index contributed by atoms with van der Waals surface area (Å²) in [6.07, 6.45) is 2.31. The van der Waals surface area contributed by atoms with Gasteiger partial charge >= 0.3 is 0 Å². The first-order valence-corrected chi connectivity index (χ1v) is 9.63. The van der Waals surface area contributed by atoms with Gasteiger partial charge in [-0.15, -0.1) is 0 Å². The molecule has 1 aliphatic rings. The summed E-state index contributed by atoms with van der Waals surface area (Å²) in [7, 11) is 2.23. The topological polar surface area (TPSA) is 23.6 Å². The van der Waals surface area contributed by atoms with E-state index < -0.39 is 0 Å². The lowest BCUT2D eigenvalue weighted by Gasteiger charge is -2.38. The summed E-state index contributed by atoms with van der Waals surface area (Å²) in [4.78, 5) is 16.4. The van der Waals surface area contributed by atoms with Gasteiger partial charge in [0.15, 0.2) is 5.78 Å². The summed E-state index contributed by atoms with van der Waals surface area (Å²) in [6, 6.07) is 17.2. The molecule has 3 rings (SSSR count). The maximum Gasteiger partial charge on any atom is 0.159 e. The van der Waals surface area contributed by atoms with Gasteiger partial charge in [0, 0.05) is 35.7 Å². The molecular formula is C21H25BrN2O. The van der Waals surface area contributed by atoms with Gasteiger partial charge in [0.1, 0.15) is 0 Å². The standard InChI is InChI=1S/C21H25BrN2O/c1-16(25)18-8-9-21(20(22)14-18)24-12-10-19(11-13-24)23(2)15-17-6-4-3-5-7-17/h3-9,14,19H,10-13,15H2,1-2H3. The molecule has 0 radical (unpaired) electrons. The third-order valence-electron chi connectivity index (χ3n) is 5.06. The van der Waals surface area contributed by atoms with Gasteiger partial charge in [0.2, 0.25) is 0 Å². The predicted octanol–water partition coefficient (Wildman–Crippen LogP) is 4.75. The highest BCUT2D eigenvalue weighted by Gasteiger charge is 2.23. The van der Waals surface area contributed by atoms with Crippen molar-refractivity contribution in [1.82, 2.24) is 4.90 Å². The number of anilines is 1. The molecule has 25 heavy (non-hydrogen) atoms. The third kappa shape index (κ3) is 4.50. The van der Waals surface area contributed by atoms with E-state index in [-0.39, 0.29) is 5.78 Å². The van der Waals surface area contributed by atoms with E-state index in [9.17, 15) is 4.79 Å². The van der Waals surface area contributed by atoms with Crippen LogP contribution in [0.4, 0.5) is 5.69 Å². The van der Waals surface area contributed by atoms with Gasteiger partial charge in [-0.05, 0) is 66.5 Å². The summed E-state index contributed by atoms with van der Waals surface area (Å²) in [6.45, 7) is 4.70. The summed E-state index contributed by atoms with van der Waals surface area (Å²) in [5.41, 5.74) is 3.32. The van der Waals surface area contributed by atoms with Crippen LogP contribution < -0.4 is 4.90 Å². The van der Waals surface area contributed by atoms with E-state index in [1.807, 2.05) is 12.1 Å². The van der Waals surface area contributed by atoms with Crippen LogP contribution in [0.1, 0.15) is 35.7 Å². The molecule has 0 amide bonds. The summed E-state index contributed by atoms with van der Waals surface area (Å²) in [5.74, 6) is 0.105. The normalized spacial score (nSPS) is 15.6. The highest BCUT2D eigenvalue weighted by atomic mass is 79.9. The number of carbonyl (C=O) groups excluding carboxylic acids is 1. The number of ketones is 1. The van der Waals surface area contributed by atoms with Crippen LogP contribution in [0.5, 0.6) is 0 Å². The molecule has 3 nitrogen and oxygen atoms in total. The summed E-state index contributed by atoms with van der Waals surface area (Å²) in [5, 5.41) is 0. The minimum Gasteiger partial charge on any atom is -0.371 e. The highest BCUT2D eigenvalue weighted by Crippen LogP contribution is 2.30. The highest BCUT2D eigenvalue weighted by molar-refractivity contribution is 9.10. The quantitative estimate of drug-likeness (QED) is 0.676. The SMILES string of the molecule is CC(=O)c1ccc(N2CCC(N(C)Cc3ccccc3)CC2)c(Br)c1. The lowest BCUT2D eigenvalue weighted by molar-refractivity contribution is 0.101. The number of halogens is 1. The van der Waals surface area contributed by atoms with Gasteiger partial charge in [0.05, 0.1) is 5.69 Å². The van der Waals surface area contributed by atoms with Gasteiger partial charge in [-0.2, -0.15) is 0 Å². The number of piperidine rings is 1. The number of carbonyl (C=O) groups is 1. The molecule has 1 fully saturated rings. The van der Waals surface area contributed by atoms with Crippen LogP contribution in [0, 0.1) is 0 Å². The number of nitrogens with zero attached hydrogens (tertiary/aromatic N) is 2. The average molecular weight is 401 g/mol. The lowest BCUT2D eigenvalue weighted by Crippen LogP contribution is -2.43. The van der Waals surface area contributed by atoms with Crippen LogP contribution in [0.25, 0.3) is 0 Å². The molecule has 132 valence electrons. The molecular weight excluding hydrogens is 376 g/mol. The van der Waals surface area contributed by atoms with Crippen molar-refractivity contribution in [1.29, 1.82) is 0 Å². The summed E-state index contributed by atoms with van der Waals surface area (Å²) < 4.78 is 1.01. The fourth-order valence-electron chi connectivity index (χ4n) is 3.53. The number of benzene rings is 2. The monoisotopic (exact) mass is 400 g/mol. The molecule has 0 bridgehead atoms. The van der Waals surface area contributed by atoms with Gasteiger partial charge in [0.25, 0.3) is 0 Å². The van der Waals surface area contributed by atoms with Crippen LogP contribution in [0.15, 0.2) is 53.0 Å². The Bertz CT molecular complexity index is 724. The van der Waals surface area contributed by atoms with Crippen molar-refractivity contribution in [2.24, 2.45) is 0 Å². The zero-order valence-corrected chi connectivity index (χ0v) is 16.5. The first-order chi connectivity index (χ1) is 12.0. The average Bonchev–Trinajstić information content (AvgIpc) is 2.62. The van der Waals surface area contributed by atoms with Crippen molar-refractivity contribution in [3.8, 4) is 0 Å². The predicted molar refractivity (Wildman–Crippen MR) is 107 cm³/mol. The Morgan fingerprint density at radius 3 is 2.44 bits per heavy atom. The van der Waals surface area contributed by atoms with Crippen LogP contribution >= 0.6 is 15.9 Å². The van der Waals surface area contributed by atoms with Gasteiger partial charge in [-0.3, -0.25) is 9.69 Å². The van der Waals surface area contributed by atoms with Crippen molar-refractivity contribution in [2.75, 3.05) is 25.0 Å². The molecule has 2 aromatic rings. The molecule has 0 atom stereocenters. The fraction of sp³-hybridized carbons (Fsp3) is 0.381. The molecule has 1 aliphatic heterocycles. The molecule has 1 saturated heterocycles. The molecule has 4 heteroatoms. The molecule has 0 aromatic heterocycles. The van der Waals surface area contributed by atoms with Gasteiger partial charge in [-0.1, -0.05) is 30.3 Å². The molecule has 2 aromatic carbocycles. The number of hydrogen-bond acceptors (Lipinski definition) is 3. The second kappa shape index (κ2) is 8.15. The van der Waals surface area contributed by atoms with Gasteiger partial charge in [-0.25, -0.2) is 0 Å². The number of rotatable bonds is 5. The second-order valence-corrected chi connectivity index (χ2v) is 7.70. The lowest BCUT2D eigenvalue weighted by atomic mass is 10.0. The largest absolute Gasteiger partial charge is 0.371 e. The van der Waals surface area contributed by atoms with Crippen LogP contribution in [0.2, 0.25) is 0 Å². The third-order valence-corrected chi connectivity index (χ3v) is 5.69. The van der Waals surface area contributed by atoms with Gasteiger partial charge < -0.3 is 4.90 Å². The Balaban J connectivity index is 1.59. The molecule has 1 heterocycles. The van der Waals surface area contributed by atoms with E-state index in [0.29, 0.717) is 6.04 Å². The van der Waals surface area contributed by atoms with Crippen LogP contribution in [0.3, 0.4) is 0 Å². The molecule has 0 unspecified atom stereocenters. The Labute approximate surface area is 158 Å². The van der Waals surface area contributed by atoms with Crippen LogP contribution in [-0.2, 0) is 6.54 Å². The second-order valence-electron chi connectivity index (χ2n) is 6.84.